The van der Waals surface area contributed by atoms with Gasteiger partial charge in [0.15, 0.2) is 0 Å². The van der Waals surface area contributed by atoms with Crippen LogP contribution in [0.5, 0.6) is 0 Å². The van der Waals surface area contributed by atoms with Gasteiger partial charge >= 0.3 is 0 Å². The number of amides is 1. The van der Waals surface area contributed by atoms with Crippen LogP contribution in [0.25, 0.3) is 11.3 Å². The third-order valence-electron chi connectivity index (χ3n) is 6.05. The number of benzene rings is 1. The number of rotatable bonds is 6. The van der Waals surface area contributed by atoms with Crippen LogP contribution in [0.15, 0.2) is 53.9 Å². The summed E-state index contributed by atoms with van der Waals surface area (Å²) >= 11 is 0. The Bertz CT molecular complexity index is 1300. The molecule has 6 nitrogen and oxygen atoms in total. The van der Waals surface area contributed by atoms with E-state index in [0.717, 1.165) is 46.8 Å². The van der Waals surface area contributed by atoms with Gasteiger partial charge in [-0.1, -0.05) is 26.0 Å². The molecule has 2 aromatic heterocycles. The Morgan fingerprint density at radius 1 is 1.24 bits per heavy atom. The number of nitrogens with zero attached hydrogens (tertiary/aromatic N) is 4. The maximum absolute atomic E-state index is 14.8. The van der Waals surface area contributed by atoms with Crippen molar-refractivity contribution in [3.8, 4) is 5.69 Å². The summed E-state index contributed by atoms with van der Waals surface area (Å²) in [7, 11) is 0. The van der Waals surface area contributed by atoms with Crippen LogP contribution in [0.4, 0.5) is 10.2 Å². The smallest absolute Gasteiger partial charge is 0.259 e. The molecule has 0 spiro atoms. The largest absolute Gasteiger partial charge is 0.306 e. The summed E-state index contributed by atoms with van der Waals surface area (Å²) in [6.45, 7) is 6.64. The quantitative estimate of drug-likeness (QED) is 0.559. The topological polar surface area (TPSA) is 72.2 Å². The number of aryl methyl sites for hydroxylation is 1. The number of anilines is 1. The predicted molar refractivity (Wildman–Crippen MR) is 128 cm³/mol. The summed E-state index contributed by atoms with van der Waals surface area (Å²) in [5.74, 6) is 0.0553. The lowest BCUT2D eigenvalue weighted by Crippen LogP contribution is -2.16. The van der Waals surface area contributed by atoms with E-state index in [1.165, 1.54) is 6.07 Å². The third kappa shape index (κ3) is 4.23. The van der Waals surface area contributed by atoms with Gasteiger partial charge in [-0.25, -0.2) is 14.4 Å². The molecule has 1 aromatic carbocycles. The van der Waals surface area contributed by atoms with Gasteiger partial charge in [0.25, 0.3) is 5.91 Å². The van der Waals surface area contributed by atoms with Gasteiger partial charge < -0.3 is 9.88 Å². The van der Waals surface area contributed by atoms with E-state index in [4.69, 9.17) is 0 Å². The molecule has 0 bridgehead atoms. The van der Waals surface area contributed by atoms with Gasteiger partial charge in [0, 0.05) is 23.4 Å². The maximum atomic E-state index is 14.8. The van der Waals surface area contributed by atoms with Gasteiger partial charge in [0.1, 0.15) is 11.6 Å². The van der Waals surface area contributed by atoms with E-state index < -0.39 is 11.7 Å². The number of aliphatic imine (C=N–C) groups is 1. The second-order valence-corrected chi connectivity index (χ2v) is 8.96. The van der Waals surface area contributed by atoms with Crippen molar-refractivity contribution in [1.82, 2.24) is 14.5 Å². The molecule has 1 fully saturated rings. The summed E-state index contributed by atoms with van der Waals surface area (Å²) in [5, 5.41) is 2.76. The molecule has 1 aliphatic heterocycles. The molecule has 1 N–H and O–H groups in total. The second-order valence-electron chi connectivity index (χ2n) is 8.96. The number of carbonyl (C=O) groups excluding carboxylic acids is 1. The highest BCUT2D eigenvalue weighted by molar-refractivity contribution is 6.25. The number of carbonyl (C=O) groups is 1. The number of hydrogen-bond acceptors (Lipinski definition) is 4. The monoisotopic (exact) mass is 443 g/mol. The van der Waals surface area contributed by atoms with Gasteiger partial charge in [-0.05, 0) is 55.5 Å². The van der Waals surface area contributed by atoms with Crippen LogP contribution in [-0.4, -0.2) is 32.7 Å². The Morgan fingerprint density at radius 2 is 2.06 bits per heavy atom. The molecule has 168 valence electrons. The first kappa shape index (κ1) is 21.2. The summed E-state index contributed by atoms with van der Waals surface area (Å²) in [4.78, 5) is 26.6. The van der Waals surface area contributed by atoms with E-state index in [9.17, 15) is 9.18 Å². The lowest BCUT2D eigenvalue weighted by Gasteiger charge is -2.13. The fourth-order valence-corrected chi connectivity index (χ4v) is 4.17. The summed E-state index contributed by atoms with van der Waals surface area (Å²) in [6, 6.07) is 8.39. The van der Waals surface area contributed by atoms with Crippen molar-refractivity contribution < 1.29 is 9.18 Å². The first-order valence-electron chi connectivity index (χ1n) is 11.3. The molecule has 1 amide bonds. The number of pyridine rings is 1. The van der Waals surface area contributed by atoms with Crippen LogP contribution in [0.3, 0.4) is 0 Å². The first-order valence-corrected chi connectivity index (χ1v) is 11.3. The number of hydrogen-bond donors (Lipinski definition) is 1. The lowest BCUT2D eigenvalue weighted by atomic mass is 9.98. The minimum atomic E-state index is -0.569. The zero-order valence-corrected chi connectivity index (χ0v) is 19.0. The van der Waals surface area contributed by atoms with Gasteiger partial charge in [-0.2, -0.15) is 0 Å². The van der Waals surface area contributed by atoms with Crippen LogP contribution in [0, 0.1) is 18.7 Å². The molecular formula is C26H26FN5O. The van der Waals surface area contributed by atoms with Crippen molar-refractivity contribution in [2.45, 2.75) is 39.5 Å². The highest BCUT2D eigenvalue weighted by Gasteiger charge is 2.26. The van der Waals surface area contributed by atoms with Gasteiger partial charge in [-0.15, -0.1) is 0 Å². The second kappa shape index (κ2) is 8.39. The molecule has 3 heterocycles. The van der Waals surface area contributed by atoms with Crippen molar-refractivity contribution in [1.29, 1.82) is 0 Å². The number of imidazole rings is 1. The fraction of sp³-hybridized carbons (Fsp3) is 0.308. The number of aromatic nitrogens is 3. The number of halogens is 1. The van der Waals surface area contributed by atoms with Crippen molar-refractivity contribution in [2.75, 3.05) is 11.9 Å². The minimum absolute atomic E-state index is 0.0333. The van der Waals surface area contributed by atoms with E-state index in [1.807, 2.05) is 35.9 Å². The predicted octanol–water partition coefficient (Wildman–Crippen LogP) is 5.34. The van der Waals surface area contributed by atoms with Crippen molar-refractivity contribution in [3.63, 3.8) is 0 Å². The summed E-state index contributed by atoms with van der Waals surface area (Å²) < 4.78 is 16.6. The summed E-state index contributed by atoms with van der Waals surface area (Å²) in [5.41, 5.74) is 5.20. The molecule has 7 heteroatoms. The highest BCUT2D eigenvalue weighted by Crippen LogP contribution is 2.39. The Labute approximate surface area is 192 Å². The van der Waals surface area contributed by atoms with Crippen LogP contribution in [0.2, 0.25) is 0 Å². The first-order chi connectivity index (χ1) is 15.9. The van der Waals surface area contributed by atoms with Crippen LogP contribution < -0.4 is 5.32 Å². The molecule has 2 aliphatic rings. The maximum Gasteiger partial charge on any atom is 0.259 e. The molecule has 0 atom stereocenters. The van der Waals surface area contributed by atoms with Crippen LogP contribution in [0.1, 0.15) is 59.9 Å². The van der Waals surface area contributed by atoms with Gasteiger partial charge in [0.05, 0.1) is 35.5 Å². The van der Waals surface area contributed by atoms with Gasteiger partial charge in [0.2, 0.25) is 0 Å². The molecule has 3 aromatic rings. The SMILES string of the molecule is Cc1cc(F)c(C(=O)Nc2cccc(C3=CCN=C3C(C)C)n2)cc1-n1cnc(C2CC2)c1. The number of nitrogens with one attached hydrogen (secondary N) is 1. The Hall–Kier alpha value is -3.61. The third-order valence-corrected chi connectivity index (χ3v) is 6.05. The molecule has 1 aliphatic carbocycles. The van der Waals surface area contributed by atoms with E-state index in [-0.39, 0.29) is 11.5 Å². The highest BCUT2D eigenvalue weighted by atomic mass is 19.1. The van der Waals surface area contributed by atoms with E-state index in [2.05, 4.69) is 34.1 Å². The minimum Gasteiger partial charge on any atom is -0.306 e. The molecule has 5 rings (SSSR count). The van der Waals surface area contributed by atoms with E-state index in [1.54, 1.807) is 18.5 Å². The van der Waals surface area contributed by atoms with Crippen molar-refractivity contribution in [3.05, 3.63) is 77.3 Å². The zero-order chi connectivity index (χ0) is 23.1. The molecule has 0 radical (unpaired) electrons. The number of allylic oxidation sites excluding steroid dienone is 1. The van der Waals surface area contributed by atoms with Crippen LogP contribution in [-0.2, 0) is 0 Å². The Balaban J connectivity index is 1.40. The Morgan fingerprint density at radius 3 is 2.82 bits per heavy atom. The van der Waals surface area contributed by atoms with E-state index in [0.29, 0.717) is 18.3 Å². The zero-order valence-electron chi connectivity index (χ0n) is 19.0. The van der Waals surface area contributed by atoms with Crippen molar-refractivity contribution >= 4 is 23.0 Å². The molecule has 1 saturated carbocycles. The normalized spacial score (nSPS) is 15.5. The van der Waals surface area contributed by atoms with E-state index >= 15 is 0 Å². The lowest BCUT2D eigenvalue weighted by molar-refractivity contribution is 0.102. The Kier molecular flexibility index (Phi) is 5.40. The summed E-state index contributed by atoms with van der Waals surface area (Å²) in [6.07, 6.45) is 8.04. The molecule has 33 heavy (non-hydrogen) atoms. The fourth-order valence-electron chi connectivity index (χ4n) is 4.17. The molecular weight excluding hydrogens is 417 g/mol. The molecule has 0 unspecified atom stereocenters. The van der Waals surface area contributed by atoms with Gasteiger partial charge in [-0.3, -0.25) is 9.79 Å². The average molecular weight is 444 g/mol. The standard InChI is InChI=1S/C26H26FN5O/c1-15(2)25-18(9-10-28-25)21-5-4-6-24(30-21)31-26(33)19-12-23(16(3)11-20(19)27)32-13-22(29-14-32)17-7-8-17/h4-6,9,11-15,17H,7-8,10H2,1-3H3,(H,30,31,33). The average Bonchev–Trinajstić information content (AvgIpc) is 3.31. The van der Waals surface area contributed by atoms with Crippen LogP contribution >= 0.6 is 0 Å². The van der Waals surface area contributed by atoms with Crippen molar-refractivity contribution in [2.24, 2.45) is 10.9 Å². The molecule has 0 saturated heterocycles.